The molecule has 1 aromatic rings. The van der Waals surface area contributed by atoms with Gasteiger partial charge in [-0.15, -0.1) is 24.8 Å². The number of hydrogen-bond donors (Lipinski definition) is 1. The van der Waals surface area contributed by atoms with Crippen molar-refractivity contribution in [2.75, 3.05) is 31.1 Å². The molecule has 1 N–H and O–H groups in total. The molecule has 0 bridgehead atoms. The van der Waals surface area contributed by atoms with Gasteiger partial charge in [-0.05, 0) is 32.6 Å². The molecule has 2 saturated heterocycles. The first-order chi connectivity index (χ1) is 11.6. The number of piperidine rings is 1. The maximum Gasteiger partial charge on any atom is 0.237 e. The third-order valence-electron chi connectivity index (χ3n) is 5.13. The Hall–Kier alpha value is -1.62. The Balaban J connectivity index is 0.00000169. The van der Waals surface area contributed by atoms with Crippen molar-refractivity contribution in [3.63, 3.8) is 0 Å². The van der Waals surface area contributed by atoms with Gasteiger partial charge in [0, 0.05) is 37.6 Å². The van der Waals surface area contributed by atoms with Crippen molar-refractivity contribution in [2.24, 2.45) is 0 Å². The van der Waals surface area contributed by atoms with Gasteiger partial charge in [0.25, 0.3) is 0 Å². The van der Waals surface area contributed by atoms with Gasteiger partial charge >= 0.3 is 0 Å². The zero-order valence-corrected chi connectivity index (χ0v) is 16.6. The van der Waals surface area contributed by atoms with Gasteiger partial charge in [-0.25, -0.2) is 4.98 Å². The molecule has 1 atom stereocenters. The second-order valence-electron chi connectivity index (χ2n) is 6.84. The number of nitrogens with zero attached hydrogens (tertiary/aromatic N) is 5. The lowest BCUT2D eigenvalue weighted by molar-refractivity contribution is -0.130. The second-order valence-corrected chi connectivity index (χ2v) is 6.84. The molecule has 0 spiro atoms. The van der Waals surface area contributed by atoms with Gasteiger partial charge in [-0.3, -0.25) is 9.78 Å². The number of nitrogens with one attached hydrogen (secondary N) is 1. The van der Waals surface area contributed by atoms with E-state index in [2.05, 4.69) is 33.2 Å². The quantitative estimate of drug-likeness (QED) is 0.828. The molecule has 9 heteroatoms. The lowest BCUT2D eigenvalue weighted by atomic mass is 9.89. The number of carbonyl (C=O) groups is 1. The molecule has 0 aromatic carbocycles. The molecule has 2 aliphatic rings. The van der Waals surface area contributed by atoms with Gasteiger partial charge < -0.3 is 15.1 Å². The maximum atomic E-state index is 12.4. The molecule has 7 nitrogen and oxygen atoms in total. The van der Waals surface area contributed by atoms with Gasteiger partial charge in [-0.1, -0.05) is 0 Å². The molecule has 26 heavy (non-hydrogen) atoms. The standard InChI is InChI=1S/C17H24N6O.2ClH/c1-17(21-13-16(24)23-8-2-3-14(23)11-18)4-9-22(10-5-17)15-12-19-6-7-20-15;;/h6-7,12,14,21H,2-5,8-10,13H2,1H3;2*1H/t14-;;/m0../s1. The summed E-state index contributed by atoms with van der Waals surface area (Å²) in [6.07, 6.45) is 8.78. The molecule has 144 valence electrons. The van der Waals surface area contributed by atoms with Crippen molar-refractivity contribution in [2.45, 2.75) is 44.2 Å². The third-order valence-corrected chi connectivity index (χ3v) is 5.13. The number of aromatic nitrogens is 2. The fourth-order valence-corrected chi connectivity index (χ4v) is 3.45. The summed E-state index contributed by atoms with van der Waals surface area (Å²) in [6, 6.07) is 1.98. The van der Waals surface area contributed by atoms with E-state index in [0.717, 1.165) is 44.6 Å². The zero-order chi connectivity index (χ0) is 17.0. The predicted octanol–water partition coefficient (Wildman–Crippen LogP) is 1.78. The summed E-state index contributed by atoms with van der Waals surface area (Å²) in [6.45, 7) is 4.96. The van der Waals surface area contributed by atoms with Crippen molar-refractivity contribution in [3.8, 4) is 6.07 Å². The molecule has 0 unspecified atom stereocenters. The minimum absolute atomic E-state index is 0. The highest BCUT2D eigenvalue weighted by atomic mass is 35.5. The topological polar surface area (TPSA) is 85.2 Å². The van der Waals surface area contributed by atoms with Crippen LogP contribution in [-0.2, 0) is 4.79 Å². The largest absolute Gasteiger partial charge is 0.355 e. The van der Waals surface area contributed by atoms with Crippen molar-refractivity contribution in [3.05, 3.63) is 18.6 Å². The number of carbonyl (C=O) groups excluding carboxylic acids is 1. The van der Waals surface area contributed by atoms with Crippen molar-refractivity contribution in [1.82, 2.24) is 20.2 Å². The van der Waals surface area contributed by atoms with E-state index in [4.69, 9.17) is 5.26 Å². The van der Waals surface area contributed by atoms with Crippen LogP contribution in [0.15, 0.2) is 18.6 Å². The number of halogens is 2. The molecule has 0 saturated carbocycles. The summed E-state index contributed by atoms with van der Waals surface area (Å²) >= 11 is 0. The Kier molecular flexibility index (Phi) is 8.54. The van der Waals surface area contributed by atoms with Crippen molar-refractivity contribution < 1.29 is 4.79 Å². The average molecular weight is 401 g/mol. The number of anilines is 1. The molecule has 0 radical (unpaired) electrons. The summed E-state index contributed by atoms with van der Waals surface area (Å²) in [5, 5.41) is 12.5. The summed E-state index contributed by atoms with van der Waals surface area (Å²) in [4.78, 5) is 24.8. The summed E-state index contributed by atoms with van der Waals surface area (Å²) in [5.41, 5.74) is -0.0593. The fraction of sp³-hybridized carbons (Fsp3) is 0.647. The Morgan fingerprint density at radius 1 is 1.35 bits per heavy atom. The molecule has 1 amide bonds. The average Bonchev–Trinajstić information content (AvgIpc) is 3.10. The molecule has 2 fully saturated rings. The van der Waals surface area contributed by atoms with E-state index in [9.17, 15) is 4.79 Å². The van der Waals surface area contributed by atoms with Crippen LogP contribution in [0.5, 0.6) is 0 Å². The molecular weight excluding hydrogens is 375 g/mol. The summed E-state index contributed by atoms with van der Waals surface area (Å²) in [5.74, 6) is 0.946. The van der Waals surface area contributed by atoms with E-state index >= 15 is 0 Å². The summed E-state index contributed by atoms with van der Waals surface area (Å²) < 4.78 is 0. The molecule has 0 aliphatic carbocycles. The number of amides is 1. The normalized spacial score (nSPS) is 21.3. The highest BCUT2D eigenvalue weighted by Crippen LogP contribution is 2.24. The molecule has 2 aliphatic heterocycles. The summed E-state index contributed by atoms with van der Waals surface area (Å²) in [7, 11) is 0. The highest BCUT2D eigenvalue weighted by Gasteiger charge is 2.33. The number of rotatable bonds is 4. The van der Waals surface area contributed by atoms with Gasteiger partial charge in [-0.2, -0.15) is 5.26 Å². The van der Waals surface area contributed by atoms with Crippen LogP contribution in [0.2, 0.25) is 0 Å². The van der Waals surface area contributed by atoms with Crippen LogP contribution in [0, 0.1) is 11.3 Å². The Morgan fingerprint density at radius 2 is 2.08 bits per heavy atom. The van der Waals surface area contributed by atoms with Crippen LogP contribution in [-0.4, -0.2) is 58.5 Å². The van der Waals surface area contributed by atoms with Crippen LogP contribution < -0.4 is 10.2 Å². The minimum atomic E-state index is -0.245. The number of nitriles is 1. The Morgan fingerprint density at radius 3 is 2.69 bits per heavy atom. The fourth-order valence-electron chi connectivity index (χ4n) is 3.45. The van der Waals surface area contributed by atoms with E-state index < -0.39 is 0 Å². The zero-order valence-electron chi connectivity index (χ0n) is 14.9. The first-order valence-corrected chi connectivity index (χ1v) is 8.56. The van der Waals surface area contributed by atoms with E-state index in [0.29, 0.717) is 13.1 Å². The molecular formula is C17H26Cl2N6O. The van der Waals surface area contributed by atoms with Gasteiger partial charge in [0.2, 0.25) is 5.91 Å². The predicted molar refractivity (Wildman–Crippen MR) is 105 cm³/mol. The van der Waals surface area contributed by atoms with E-state index in [1.54, 1.807) is 23.5 Å². The monoisotopic (exact) mass is 400 g/mol. The Labute approximate surface area is 167 Å². The molecule has 1 aromatic heterocycles. The highest BCUT2D eigenvalue weighted by molar-refractivity contribution is 5.85. The van der Waals surface area contributed by atoms with Gasteiger partial charge in [0.05, 0.1) is 18.8 Å². The van der Waals surface area contributed by atoms with Crippen molar-refractivity contribution in [1.29, 1.82) is 5.26 Å². The third kappa shape index (κ3) is 5.19. The van der Waals surface area contributed by atoms with E-state index in [1.807, 2.05) is 0 Å². The number of likely N-dealkylation sites (tertiary alicyclic amines) is 1. The molecule has 3 heterocycles. The second kappa shape index (κ2) is 9.91. The van der Waals surface area contributed by atoms with E-state index in [1.165, 1.54) is 0 Å². The Bertz CT molecular complexity index is 615. The van der Waals surface area contributed by atoms with Crippen LogP contribution in [0.3, 0.4) is 0 Å². The van der Waals surface area contributed by atoms with Crippen LogP contribution >= 0.6 is 24.8 Å². The van der Waals surface area contributed by atoms with Crippen molar-refractivity contribution >= 4 is 36.5 Å². The minimum Gasteiger partial charge on any atom is -0.355 e. The van der Waals surface area contributed by atoms with Gasteiger partial charge in [0.15, 0.2) is 0 Å². The van der Waals surface area contributed by atoms with Gasteiger partial charge in [0.1, 0.15) is 11.9 Å². The smallest absolute Gasteiger partial charge is 0.237 e. The first-order valence-electron chi connectivity index (χ1n) is 8.56. The van der Waals surface area contributed by atoms with Crippen LogP contribution in [0.25, 0.3) is 0 Å². The number of hydrogen-bond acceptors (Lipinski definition) is 6. The first kappa shape index (κ1) is 22.4. The molecule has 3 rings (SSSR count). The van der Waals surface area contributed by atoms with Crippen LogP contribution in [0.4, 0.5) is 5.82 Å². The lowest BCUT2D eigenvalue weighted by Gasteiger charge is -2.40. The SMILES string of the molecule is CC1(NCC(=O)N2CCC[C@H]2C#N)CCN(c2cnccn2)CC1.Cl.Cl. The maximum absolute atomic E-state index is 12.4. The van der Waals surface area contributed by atoms with E-state index in [-0.39, 0.29) is 42.3 Å². The van der Waals surface area contributed by atoms with Crippen LogP contribution in [0.1, 0.15) is 32.6 Å². The lowest BCUT2D eigenvalue weighted by Crippen LogP contribution is -2.54.